The van der Waals surface area contributed by atoms with Crippen molar-refractivity contribution in [2.24, 2.45) is 11.7 Å². The van der Waals surface area contributed by atoms with Gasteiger partial charge in [-0.25, -0.2) is 0 Å². The summed E-state index contributed by atoms with van der Waals surface area (Å²) >= 11 is 0. The van der Waals surface area contributed by atoms with Crippen LogP contribution in [0.2, 0.25) is 0 Å². The van der Waals surface area contributed by atoms with Crippen molar-refractivity contribution in [2.75, 3.05) is 26.2 Å². The smallest absolute Gasteiger partial charge is 0.00507 e. The molecule has 0 saturated carbocycles. The monoisotopic (exact) mass is 232 g/mol. The van der Waals surface area contributed by atoms with Gasteiger partial charge in [-0.3, -0.25) is 0 Å². The molecule has 2 unspecified atom stereocenters. The van der Waals surface area contributed by atoms with Crippen LogP contribution in [0.1, 0.15) is 31.2 Å². The van der Waals surface area contributed by atoms with E-state index in [-0.39, 0.29) is 0 Å². The highest BCUT2D eigenvalue weighted by Crippen LogP contribution is 2.27. The SMILES string of the molecule is CC(CN)CCN1CCC(c2ccccc2)C1. The van der Waals surface area contributed by atoms with Gasteiger partial charge in [0.25, 0.3) is 0 Å². The molecule has 0 aromatic heterocycles. The lowest BCUT2D eigenvalue weighted by molar-refractivity contribution is 0.306. The summed E-state index contributed by atoms with van der Waals surface area (Å²) in [6.07, 6.45) is 2.54. The van der Waals surface area contributed by atoms with Gasteiger partial charge < -0.3 is 10.6 Å². The van der Waals surface area contributed by atoms with Gasteiger partial charge in [0.05, 0.1) is 0 Å². The van der Waals surface area contributed by atoms with Crippen molar-refractivity contribution in [3.05, 3.63) is 35.9 Å². The lowest BCUT2D eigenvalue weighted by Crippen LogP contribution is -2.24. The van der Waals surface area contributed by atoms with Crippen molar-refractivity contribution in [1.82, 2.24) is 4.90 Å². The van der Waals surface area contributed by atoms with Crippen LogP contribution in [0, 0.1) is 5.92 Å². The molecule has 1 aliphatic heterocycles. The van der Waals surface area contributed by atoms with Crippen LogP contribution in [-0.2, 0) is 0 Å². The zero-order chi connectivity index (χ0) is 12.1. The quantitative estimate of drug-likeness (QED) is 0.845. The first-order valence-corrected chi connectivity index (χ1v) is 6.77. The van der Waals surface area contributed by atoms with Gasteiger partial charge in [0.1, 0.15) is 0 Å². The van der Waals surface area contributed by atoms with Crippen LogP contribution in [0.25, 0.3) is 0 Å². The van der Waals surface area contributed by atoms with Crippen LogP contribution in [0.15, 0.2) is 30.3 Å². The van der Waals surface area contributed by atoms with Crippen molar-refractivity contribution in [2.45, 2.75) is 25.7 Å². The van der Waals surface area contributed by atoms with Gasteiger partial charge in [-0.15, -0.1) is 0 Å². The molecule has 17 heavy (non-hydrogen) atoms. The second-order valence-corrected chi connectivity index (χ2v) is 5.33. The van der Waals surface area contributed by atoms with E-state index in [0.29, 0.717) is 5.92 Å². The molecule has 0 spiro atoms. The van der Waals surface area contributed by atoms with Crippen molar-refractivity contribution in [3.63, 3.8) is 0 Å². The Bertz CT molecular complexity index is 323. The molecule has 1 saturated heterocycles. The molecule has 1 aromatic rings. The highest BCUT2D eigenvalue weighted by molar-refractivity contribution is 5.20. The molecule has 1 aromatic carbocycles. The summed E-state index contributed by atoms with van der Waals surface area (Å²) in [5.74, 6) is 1.40. The second kappa shape index (κ2) is 6.18. The molecule has 2 atom stereocenters. The number of likely N-dealkylation sites (tertiary alicyclic amines) is 1. The molecule has 2 N–H and O–H groups in total. The molecular weight excluding hydrogens is 208 g/mol. The molecule has 1 aliphatic rings. The van der Waals surface area contributed by atoms with Crippen LogP contribution >= 0.6 is 0 Å². The predicted molar refractivity (Wildman–Crippen MR) is 73.1 cm³/mol. The number of nitrogens with two attached hydrogens (primary N) is 1. The lowest BCUT2D eigenvalue weighted by atomic mass is 9.99. The van der Waals surface area contributed by atoms with Gasteiger partial charge in [-0.05, 0) is 49.9 Å². The third-order valence-corrected chi connectivity index (χ3v) is 3.88. The van der Waals surface area contributed by atoms with Gasteiger partial charge in [0.15, 0.2) is 0 Å². The first kappa shape index (κ1) is 12.6. The normalized spacial score (nSPS) is 22.8. The maximum atomic E-state index is 5.66. The molecule has 0 radical (unpaired) electrons. The van der Waals surface area contributed by atoms with Crippen LogP contribution < -0.4 is 5.73 Å². The Morgan fingerprint density at radius 2 is 2.12 bits per heavy atom. The Morgan fingerprint density at radius 3 is 2.82 bits per heavy atom. The van der Waals surface area contributed by atoms with Crippen LogP contribution in [0.5, 0.6) is 0 Å². The van der Waals surface area contributed by atoms with E-state index in [9.17, 15) is 0 Å². The lowest BCUT2D eigenvalue weighted by Gasteiger charge is -2.18. The predicted octanol–water partition coefficient (Wildman–Crippen LogP) is 2.46. The molecular formula is C15H24N2. The second-order valence-electron chi connectivity index (χ2n) is 5.33. The van der Waals surface area contributed by atoms with E-state index in [1.807, 2.05) is 0 Å². The fourth-order valence-corrected chi connectivity index (χ4v) is 2.55. The number of hydrogen-bond acceptors (Lipinski definition) is 2. The van der Waals surface area contributed by atoms with Gasteiger partial charge >= 0.3 is 0 Å². The molecule has 0 bridgehead atoms. The van der Waals surface area contributed by atoms with Crippen LogP contribution in [-0.4, -0.2) is 31.1 Å². The first-order chi connectivity index (χ1) is 8.29. The van der Waals surface area contributed by atoms with E-state index in [1.54, 1.807) is 0 Å². The van der Waals surface area contributed by atoms with Gasteiger partial charge in [-0.2, -0.15) is 0 Å². The Hall–Kier alpha value is -0.860. The van der Waals surface area contributed by atoms with Gasteiger partial charge in [0, 0.05) is 6.54 Å². The van der Waals surface area contributed by atoms with Crippen molar-refractivity contribution < 1.29 is 0 Å². The maximum absolute atomic E-state index is 5.66. The van der Waals surface area contributed by atoms with E-state index < -0.39 is 0 Å². The minimum absolute atomic E-state index is 0.658. The van der Waals surface area contributed by atoms with E-state index in [0.717, 1.165) is 12.5 Å². The maximum Gasteiger partial charge on any atom is 0.00507 e. The average Bonchev–Trinajstić information content (AvgIpc) is 2.86. The Balaban J connectivity index is 1.80. The summed E-state index contributed by atoms with van der Waals surface area (Å²) in [4.78, 5) is 2.59. The standard InChI is InChI=1S/C15H24N2/c1-13(11-16)7-9-17-10-8-15(12-17)14-5-3-2-4-6-14/h2-6,13,15H,7-12,16H2,1H3. The van der Waals surface area contributed by atoms with E-state index in [4.69, 9.17) is 5.73 Å². The van der Waals surface area contributed by atoms with Crippen molar-refractivity contribution in [3.8, 4) is 0 Å². The number of rotatable bonds is 5. The minimum atomic E-state index is 0.658. The topological polar surface area (TPSA) is 29.3 Å². The Kier molecular flexibility index (Phi) is 4.57. The Labute approximate surface area is 105 Å². The number of hydrogen-bond donors (Lipinski definition) is 1. The highest BCUT2D eigenvalue weighted by atomic mass is 15.1. The van der Waals surface area contributed by atoms with E-state index in [2.05, 4.69) is 42.2 Å². The van der Waals surface area contributed by atoms with Crippen molar-refractivity contribution in [1.29, 1.82) is 0 Å². The minimum Gasteiger partial charge on any atom is -0.330 e. The zero-order valence-corrected chi connectivity index (χ0v) is 10.8. The molecule has 0 aliphatic carbocycles. The summed E-state index contributed by atoms with van der Waals surface area (Å²) < 4.78 is 0. The Morgan fingerprint density at radius 1 is 1.35 bits per heavy atom. The summed E-state index contributed by atoms with van der Waals surface area (Å²) in [5, 5.41) is 0. The summed E-state index contributed by atoms with van der Waals surface area (Å²) in [6.45, 7) is 6.74. The van der Waals surface area contributed by atoms with Crippen molar-refractivity contribution >= 4 is 0 Å². The third-order valence-electron chi connectivity index (χ3n) is 3.88. The van der Waals surface area contributed by atoms with Crippen LogP contribution in [0.3, 0.4) is 0 Å². The summed E-state index contributed by atoms with van der Waals surface area (Å²) in [7, 11) is 0. The van der Waals surface area contributed by atoms with Gasteiger partial charge in [0.2, 0.25) is 0 Å². The zero-order valence-electron chi connectivity index (χ0n) is 10.8. The molecule has 2 nitrogen and oxygen atoms in total. The van der Waals surface area contributed by atoms with E-state index >= 15 is 0 Å². The fourth-order valence-electron chi connectivity index (χ4n) is 2.55. The molecule has 1 heterocycles. The largest absolute Gasteiger partial charge is 0.330 e. The number of benzene rings is 1. The van der Waals surface area contributed by atoms with E-state index in [1.165, 1.54) is 38.0 Å². The van der Waals surface area contributed by atoms with Gasteiger partial charge in [-0.1, -0.05) is 37.3 Å². The number of nitrogens with zero attached hydrogens (tertiary/aromatic N) is 1. The van der Waals surface area contributed by atoms with Crippen LogP contribution in [0.4, 0.5) is 0 Å². The molecule has 2 rings (SSSR count). The third kappa shape index (κ3) is 3.55. The average molecular weight is 232 g/mol. The molecule has 0 amide bonds. The summed E-state index contributed by atoms with van der Waals surface area (Å²) in [6, 6.07) is 10.9. The summed E-state index contributed by atoms with van der Waals surface area (Å²) in [5.41, 5.74) is 7.16. The first-order valence-electron chi connectivity index (χ1n) is 6.77. The molecule has 94 valence electrons. The molecule has 2 heteroatoms. The fraction of sp³-hybridized carbons (Fsp3) is 0.600. The highest BCUT2D eigenvalue weighted by Gasteiger charge is 2.23. The molecule has 1 fully saturated rings.